The Bertz CT molecular complexity index is 1020. The molecule has 1 aliphatic rings. The molecule has 0 spiro atoms. The zero-order valence-electron chi connectivity index (χ0n) is 17.2. The van der Waals surface area contributed by atoms with Crippen molar-refractivity contribution in [2.45, 2.75) is 39.2 Å². The number of ether oxygens (including phenoxy) is 1. The molecule has 4 rings (SSSR count). The van der Waals surface area contributed by atoms with Crippen molar-refractivity contribution in [1.29, 1.82) is 0 Å². The molecule has 0 saturated heterocycles. The van der Waals surface area contributed by atoms with Gasteiger partial charge in [0.05, 0.1) is 6.61 Å². The lowest BCUT2D eigenvalue weighted by molar-refractivity contribution is -0.111. The van der Waals surface area contributed by atoms with E-state index in [-0.39, 0.29) is 5.91 Å². The Hall–Kier alpha value is -3.41. The molecule has 6 heteroatoms. The van der Waals surface area contributed by atoms with E-state index in [0.29, 0.717) is 6.61 Å². The number of aryl methyl sites for hydroxylation is 1. The van der Waals surface area contributed by atoms with Gasteiger partial charge in [-0.1, -0.05) is 18.6 Å². The minimum atomic E-state index is -0.173. The van der Waals surface area contributed by atoms with Gasteiger partial charge in [0, 0.05) is 30.3 Å². The van der Waals surface area contributed by atoms with E-state index >= 15 is 0 Å². The summed E-state index contributed by atoms with van der Waals surface area (Å²) in [5, 5.41) is 11.6. The van der Waals surface area contributed by atoms with Gasteiger partial charge in [-0.15, -0.1) is 10.2 Å². The maximum Gasteiger partial charge on any atom is 0.248 e. The summed E-state index contributed by atoms with van der Waals surface area (Å²) in [5.41, 5.74) is 2.70. The second-order valence-electron chi connectivity index (χ2n) is 7.30. The number of anilines is 1. The number of nitrogens with zero attached hydrogens (tertiary/aromatic N) is 3. The van der Waals surface area contributed by atoms with E-state index in [4.69, 9.17) is 4.74 Å². The van der Waals surface area contributed by atoms with Crippen LogP contribution in [-0.2, 0) is 17.8 Å². The quantitative estimate of drug-likeness (QED) is 0.606. The van der Waals surface area contributed by atoms with Gasteiger partial charge in [-0.2, -0.15) is 0 Å². The molecule has 3 aromatic rings. The molecule has 0 fully saturated rings. The topological polar surface area (TPSA) is 69.0 Å². The molecule has 0 unspecified atom stereocenters. The average Bonchev–Trinajstić information content (AvgIpc) is 3.02. The van der Waals surface area contributed by atoms with Crippen molar-refractivity contribution in [2.75, 3.05) is 11.9 Å². The van der Waals surface area contributed by atoms with E-state index in [9.17, 15) is 4.79 Å². The van der Waals surface area contributed by atoms with Gasteiger partial charge in [-0.05, 0) is 67.8 Å². The van der Waals surface area contributed by atoms with Crippen LogP contribution >= 0.6 is 0 Å². The van der Waals surface area contributed by atoms with Gasteiger partial charge in [-0.25, -0.2) is 0 Å². The number of hydrogen-bond donors (Lipinski definition) is 1. The molecule has 2 heterocycles. The molecule has 1 aliphatic heterocycles. The number of rotatable bonds is 6. The highest BCUT2D eigenvalue weighted by atomic mass is 16.5. The lowest BCUT2D eigenvalue weighted by Gasteiger charge is -2.08. The number of nitrogens with one attached hydrogen (secondary N) is 1. The summed E-state index contributed by atoms with van der Waals surface area (Å²) in [6.45, 7) is 3.55. The van der Waals surface area contributed by atoms with Crippen molar-refractivity contribution >= 4 is 17.7 Å². The van der Waals surface area contributed by atoms with Crippen molar-refractivity contribution in [2.24, 2.45) is 0 Å². The molecule has 1 aromatic heterocycles. The van der Waals surface area contributed by atoms with Gasteiger partial charge in [-0.3, -0.25) is 4.79 Å². The van der Waals surface area contributed by atoms with E-state index < -0.39 is 0 Å². The number of carbonyl (C=O) groups excluding carboxylic acids is 1. The standard InChI is InChI=1S/C24H26N4O2/c1-2-30-21-14-7-18(8-15-21)9-16-23(29)25-20-12-10-19(11-13-20)24-27-26-22-6-4-3-5-17-28(22)24/h7-16H,2-6,17H2,1H3,(H,25,29)/b16-9+. The monoisotopic (exact) mass is 402 g/mol. The average molecular weight is 402 g/mol. The minimum Gasteiger partial charge on any atom is -0.494 e. The fraction of sp³-hybridized carbons (Fsp3) is 0.292. The molecule has 0 bridgehead atoms. The fourth-order valence-electron chi connectivity index (χ4n) is 3.60. The fourth-order valence-corrected chi connectivity index (χ4v) is 3.60. The Labute approximate surface area is 176 Å². The number of aromatic nitrogens is 3. The molecule has 1 amide bonds. The van der Waals surface area contributed by atoms with Crippen LogP contribution in [0.15, 0.2) is 54.6 Å². The largest absolute Gasteiger partial charge is 0.494 e. The van der Waals surface area contributed by atoms with Crippen LogP contribution in [0.4, 0.5) is 5.69 Å². The minimum absolute atomic E-state index is 0.173. The molecule has 154 valence electrons. The number of amides is 1. The Morgan fingerprint density at radius 2 is 1.87 bits per heavy atom. The summed E-state index contributed by atoms with van der Waals surface area (Å²) < 4.78 is 7.65. The van der Waals surface area contributed by atoms with Crippen molar-refractivity contribution in [1.82, 2.24) is 14.8 Å². The summed E-state index contributed by atoms with van der Waals surface area (Å²) >= 11 is 0. The van der Waals surface area contributed by atoms with E-state index in [0.717, 1.165) is 53.6 Å². The highest BCUT2D eigenvalue weighted by Crippen LogP contribution is 2.24. The van der Waals surface area contributed by atoms with Gasteiger partial charge in [0.25, 0.3) is 0 Å². The third-order valence-electron chi connectivity index (χ3n) is 5.14. The molecule has 1 N–H and O–H groups in total. The number of hydrogen-bond acceptors (Lipinski definition) is 4. The SMILES string of the molecule is CCOc1ccc(/C=C/C(=O)Nc2ccc(-c3nnc4n3CCCCC4)cc2)cc1. The molecule has 0 aliphatic carbocycles. The molecule has 2 aromatic carbocycles. The normalized spacial score (nSPS) is 13.6. The van der Waals surface area contributed by atoms with E-state index in [1.807, 2.05) is 55.5 Å². The van der Waals surface area contributed by atoms with Crippen LogP contribution in [0.2, 0.25) is 0 Å². The second-order valence-corrected chi connectivity index (χ2v) is 7.30. The van der Waals surface area contributed by atoms with Crippen LogP contribution in [0.5, 0.6) is 5.75 Å². The lowest BCUT2D eigenvalue weighted by atomic mass is 10.2. The number of carbonyl (C=O) groups is 1. The zero-order chi connectivity index (χ0) is 20.8. The first kappa shape index (κ1) is 19.9. The van der Waals surface area contributed by atoms with Crippen molar-refractivity contribution in [3.63, 3.8) is 0 Å². The van der Waals surface area contributed by atoms with E-state index in [2.05, 4.69) is 20.1 Å². The van der Waals surface area contributed by atoms with Gasteiger partial charge in [0.1, 0.15) is 11.6 Å². The highest BCUT2D eigenvalue weighted by Gasteiger charge is 2.15. The maximum atomic E-state index is 12.2. The summed E-state index contributed by atoms with van der Waals surface area (Å²) in [6.07, 6.45) is 7.87. The first-order valence-electron chi connectivity index (χ1n) is 10.5. The Balaban J connectivity index is 1.39. The predicted octanol–water partition coefficient (Wildman–Crippen LogP) is 4.72. The molecule has 0 atom stereocenters. The first-order chi connectivity index (χ1) is 14.7. The van der Waals surface area contributed by atoms with Gasteiger partial charge in [0.2, 0.25) is 5.91 Å². The molecular weight excluding hydrogens is 376 g/mol. The third kappa shape index (κ3) is 4.76. The van der Waals surface area contributed by atoms with Crippen molar-refractivity contribution in [3.8, 4) is 17.1 Å². The number of fused-ring (bicyclic) bond motifs is 1. The third-order valence-corrected chi connectivity index (χ3v) is 5.14. The van der Waals surface area contributed by atoms with Crippen LogP contribution in [-0.4, -0.2) is 27.3 Å². The Morgan fingerprint density at radius 3 is 2.63 bits per heavy atom. The highest BCUT2D eigenvalue weighted by molar-refractivity contribution is 6.02. The lowest BCUT2D eigenvalue weighted by Crippen LogP contribution is -2.07. The first-order valence-corrected chi connectivity index (χ1v) is 10.5. The predicted molar refractivity (Wildman–Crippen MR) is 118 cm³/mol. The van der Waals surface area contributed by atoms with Crippen molar-refractivity contribution in [3.05, 3.63) is 66.0 Å². The van der Waals surface area contributed by atoms with E-state index in [1.54, 1.807) is 6.08 Å². The van der Waals surface area contributed by atoms with Crippen molar-refractivity contribution < 1.29 is 9.53 Å². The van der Waals surface area contributed by atoms with Crippen LogP contribution in [0, 0.1) is 0 Å². The van der Waals surface area contributed by atoms with Crippen LogP contribution in [0.25, 0.3) is 17.5 Å². The summed E-state index contributed by atoms with van der Waals surface area (Å²) in [5.74, 6) is 2.62. The van der Waals surface area contributed by atoms with Gasteiger partial charge < -0.3 is 14.6 Å². The van der Waals surface area contributed by atoms with E-state index in [1.165, 1.54) is 18.9 Å². The summed E-state index contributed by atoms with van der Waals surface area (Å²) in [6, 6.07) is 15.4. The van der Waals surface area contributed by atoms with Gasteiger partial charge >= 0.3 is 0 Å². The zero-order valence-corrected chi connectivity index (χ0v) is 17.2. The van der Waals surface area contributed by atoms with Crippen LogP contribution in [0.3, 0.4) is 0 Å². The number of benzene rings is 2. The van der Waals surface area contributed by atoms with Crippen LogP contribution < -0.4 is 10.1 Å². The molecule has 30 heavy (non-hydrogen) atoms. The van der Waals surface area contributed by atoms with Crippen LogP contribution in [0.1, 0.15) is 37.6 Å². The Morgan fingerprint density at radius 1 is 1.07 bits per heavy atom. The second kappa shape index (κ2) is 9.39. The smallest absolute Gasteiger partial charge is 0.248 e. The maximum absolute atomic E-state index is 12.2. The molecular formula is C24H26N4O2. The Kier molecular flexibility index (Phi) is 6.23. The van der Waals surface area contributed by atoms with Gasteiger partial charge in [0.15, 0.2) is 5.82 Å². The summed E-state index contributed by atoms with van der Waals surface area (Å²) in [7, 11) is 0. The molecule has 0 radical (unpaired) electrons. The summed E-state index contributed by atoms with van der Waals surface area (Å²) in [4.78, 5) is 12.2. The molecule has 6 nitrogen and oxygen atoms in total. The molecule has 0 saturated carbocycles.